The number of aromatic nitrogens is 1. The Morgan fingerprint density at radius 2 is 2.17 bits per heavy atom. The van der Waals surface area contributed by atoms with E-state index in [-0.39, 0.29) is 5.97 Å². The fraction of sp³-hybridized carbons (Fsp3) is 0.167. The summed E-state index contributed by atoms with van der Waals surface area (Å²) in [6, 6.07) is 5.60. The molecule has 1 heterocycles. The van der Waals surface area contributed by atoms with Crippen molar-refractivity contribution in [3.05, 3.63) is 33.7 Å². The third-order valence-corrected chi connectivity index (χ3v) is 4.00. The lowest BCUT2D eigenvalue weighted by Gasteiger charge is -2.04. The molecule has 2 aromatic rings. The number of nitrogens with zero attached hydrogens (tertiary/aromatic N) is 1. The summed E-state index contributed by atoms with van der Waals surface area (Å²) in [6.07, 6.45) is 1.51. The first-order valence-corrected chi connectivity index (χ1v) is 6.64. The van der Waals surface area contributed by atoms with Crippen molar-refractivity contribution in [3.8, 4) is 16.3 Å². The Bertz CT molecular complexity index is 582. The highest BCUT2D eigenvalue weighted by Gasteiger charge is 2.14. The molecule has 0 aliphatic heterocycles. The van der Waals surface area contributed by atoms with Gasteiger partial charge in [0.1, 0.15) is 15.6 Å². The van der Waals surface area contributed by atoms with E-state index in [0.29, 0.717) is 4.88 Å². The first-order chi connectivity index (χ1) is 8.65. The summed E-state index contributed by atoms with van der Waals surface area (Å²) in [5, 5.41) is 0.737. The van der Waals surface area contributed by atoms with Crippen LogP contribution in [-0.4, -0.2) is 25.2 Å². The number of ether oxygens (including phenoxy) is 2. The topological polar surface area (TPSA) is 48.4 Å². The van der Waals surface area contributed by atoms with Crippen LogP contribution in [0.2, 0.25) is 0 Å². The van der Waals surface area contributed by atoms with Crippen LogP contribution < -0.4 is 4.74 Å². The van der Waals surface area contributed by atoms with Crippen LogP contribution >= 0.6 is 27.3 Å². The summed E-state index contributed by atoms with van der Waals surface area (Å²) in [5.41, 5.74) is 0.884. The number of hydrogen-bond acceptors (Lipinski definition) is 5. The molecule has 0 radical (unpaired) electrons. The van der Waals surface area contributed by atoms with E-state index in [1.165, 1.54) is 24.6 Å². The highest BCUT2D eigenvalue weighted by molar-refractivity contribution is 9.10. The van der Waals surface area contributed by atoms with Crippen molar-refractivity contribution in [3.63, 3.8) is 0 Å². The largest absolute Gasteiger partial charge is 0.497 e. The number of hydrogen-bond donors (Lipinski definition) is 0. The molecule has 0 aliphatic carbocycles. The minimum Gasteiger partial charge on any atom is -0.497 e. The third-order valence-electron chi connectivity index (χ3n) is 2.30. The second-order valence-electron chi connectivity index (χ2n) is 3.37. The van der Waals surface area contributed by atoms with Gasteiger partial charge < -0.3 is 9.47 Å². The molecule has 0 saturated carbocycles. The molecule has 2 rings (SSSR count). The number of esters is 1. The van der Waals surface area contributed by atoms with Crippen molar-refractivity contribution in [1.82, 2.24) is 4.98 Å². The molecule has 94 valence electrons. The molecule has 0 unspecified atom stereocenters. The van der Waals surface area contributed by atoms with E-state index in [2.05, 4.69) is 25.7 Å². The van der Waals surface area contributed by atoms with Gasteiger partial charge in [-0.05, 0) is 18.2 Å². The van der Waals surface area contributed by atoms with E-state index in [1.54, 1.807) is 7.11 Å². The van der Waals surface area contributed by atoms with Gasteiger partial charge in [0.05, 0.1) is 20.4 Å². The van der Waals surface area contributed by atoms with E-state index in [0.717, 1.165) is 20.8 Å². The minimum absolute atomic E-state index is 0.377. The summed E-state index contributed by atoms with van der Waals surface area (Å²) in [6.45, 7) is 0. The smallest absolute Gasteiger partial charge is 0.349 e. The molecule has 0 atom stereocenters. The maximum Gasteiger partial charge on any atom is 0.349 e. The third kappa shape index (κ3) is 2.54. The Kier molecular flexibility index (Phi) is 3.98. The van der Waals surface area contributed by atoms with Crippen LogP contribution in [0.3, 0.4) is 0 Å². The highest BCUT2D eigenvalue weighted by atomic mass is 79.9. The van der Waals surface area contributed by atoms with Gasteiger partial charge in [-0.3, -0.25) is 0 Å². The lowest BCUT2D eigenvalue weighted by Crippen LogP contribution is -1.96. The number of carbonyl (C=O) groups excluding carboxylic acids is 1. The van der Waals surface area contributed by atoms with Crippen molar-refractivity contribution >= 4 is 33.2 Å². The predicted octanol–water partition coefficient (Wildman–Crippen LogP) is 3.37. The second kappa shape index (κ2) is 5.49. The number of carbonyl (C=O) groups is 1. The number of methoxy groups -OCH3 is 2. The van der Waals surface area contributed by atoms with Crippen LogP contribution in [0.1, 0.15) is 9.67 Å². The Balaban J connectivity index is 2.42. The van der Waals surface area contributed by atoms with Gasteiger partial charge in [-0.1, -0.05) is 15.9 Å². The van der Waals surface area contributed by atoms with E-state index >= 15 is 0 Å². The molecule has 0 spiro atoms. The van der Waals surface area contributed by atoms with Crippen LogP contribution in [0.5, 0.6) is 5.75 Å². The quantitative estimate of drug-likeness (QED) is 0.811. The lowest BCUT2D eigenvalue weighted by molar-refractivity contribution is 0.0606. The number of halogens is 1. The Labute approximate surface area is 117 Å². The van der Waals surface area contributed by atoms with Crippen LogP contribution in [0, 0.1) is 0 Å². The Hall–Kier alpha value is -1.40. The minimum atomic E-state index is -0.377. The molecule has 0 bridgehead atoms. The molecule has 1 aromatic carbocycles. The van der Waals surface area contributed by atoms with Gasteiger partial charge in [-0.2, -0.15) is 0 Å². The summed E-state index contributed by atoms with van der Waals surface area (Å²) in [5.74, 6) is 0.362. The summed E-state index contributed by atoms with van der Waals surface area (Å²) in [7, 11) is 2.96. The molecule has 6 heteroatoms. The maximum absolute atomic E-state index is 11.4. The summed E-state index contributed by atoms with van der Waals surface area (Å²) < 4.78 is 10.7. The number of rotatable bonds is 3. The van der Waals surface area contributed by atoms with Gasteiger partial charge >= 0.3 is 5.97 Å². The number of thiazole rings is 1. The average Bonchev–Trinajstić information content (AvgIpc) is 2.88. The standard InChI is InChI=1S/C12H10BrNO3S/c1-16-7-3-4-9(13)8(5-7)11-14-6-10(18-11)12(15)17-2/h3-6H,1-2H3. The molecule has 0 N–H and O–H groups in total. The average molecular weight is 328 g/mol. The van der Waals surface area contributed by atoms with Gasteiger partial charge in [-0.15, -0.1) is 11.3 Å². The highest BCUT2D eigenvalue weighted by Crippen LogP contribution is 2.34. The second-order valence-corrected chi connectivity index (χ2v) is 5.25. The Morgan fingerprint density at radius 3 is 2.83 bits per heavy atom. The van der Waals surface area contributed by atoms with Crippen LogP contribution in [0.15, 0.2) is 28.9 Å². The summed E-state index contributed by atoms with van der Waals surface area (Å²) >= 11 is 4.74. The molecule has 0 aliphatic rings. The zero-order chi connectivity index (χ0) is 13.1. The molecule has 18 heavy (non-hydrogen) atoms. The van der Waals surface area contributed by atoms with Crippen molar-refractivity contribution < 1.29 is 14.3 Å². The molecule has 0 amide bonds. The number of benzene rings is 1. The maximum atomic E-state index is 11.4. The first-order valence-electron chi connectivity index (χ1n) is 5.03. The summed E-state index contributed by atoms with van der Waals surface area (Å²) in [4.78, 5) is 16.1. The first kappa shape index (κ1) is 13.0. The van der Waals surface area contributed by atoms with E-state index < -0.39 is 0 Å². The lowest BCUT2D eigenvalue weighted by atomic mass is 10.2. The molecule has 0 saturated heterocycles. The predicted molar refractivity (Wildman–Crippen MR) is 73.1 cm³/mol. The van der Waals surface area contributed by atoms with Crippen molar-refractivity contribution in [1.29, 1.82) is 0 Å². The van der Waals surface area contributed by atoms with E-state index in [1.807, 2.05) is 18.2 Å². The van der Waals surface area contributed by atoms with Crippen molar-refractivity contribution in [2.75, 3.05) is 14.2 Å². The normalized spacial score (nSPS) is 10.2. The molecule has 4 nitrogen and oxygen atoms in total. The van der Waals surface area contributed by atoms with Gasteiger partial charge in [0.2, 0.25) is 0 Å². The van der Waals surface area contributed by atoms with Gasteiger partial charge in [-0.25, -0.2) is 9.78 Å². The van der Waals surface area contributed by atoms with Crippen molar-refractivity contribution in [2.45, 2.75) is 0 Å². The van der Waals surface area contributed by atoms with Crippen LogP contribution in [-0.2, 0) is 4.74 Å². The zero-order valence-corrected chi connectivity index (χ0v) is 12.2. The fourth-order valence-corrected chi connectivity index (χ4v) is 2.82. The SMILES string of the molecule is COC(=O)c1cnc(-c2cc(OC)ccc2Br)s1. The molecular formula is C12H10BrNO3S. The van der Waals surface area contributed by atoms with Gasteiger partial charge in [0.25, 0.3) is 0 Å². The molecule has 0 fully saturated rings. The van der Waals surface area contributed by atoms with Gasteiger partial charge in [0, 0.05) is 10.0 Å². The molecular weight excluding hydrogens is 318 g/mol. The monoisotopic (exact) mass is 327 g/mol. The fourth-order valence-electron chi connectivity index (χ4n) is 1.39. The van der Waals surface area contributed by atoms with Crippen molar-refractivity contribution in [2.24, 2.45) is 0 Å². The van der Waals surface area contributed by atoms with E-state index in [4.69, 9.17) is 4.74 Å². The van der Waals surface area contributed by atoms with E-state index in [9.17, 15) is 4.79 Å². The van der Waals surface area contributed by atoms with Crippen LogP contribution in [0.25, 0.3) is 10.6 Å². The Morgan fingerprint density at radius 1 is 1.39 bits per heavy atom. The molecule has 1 aromatic heterocycles. The zero-order valence-electron chi connectivity index (χ0n) is 9.77. The van der Waals surface area contributed by atoms with Crippen LogP contribution in [0.4, 0.5) is 0 Å². The van der Waals surface area contributed by atoms with Gasteiger partial charge in [0.15, 0.2) is 0 Å².